The molecular weight excluding hydrogens is 579 g/mol. The van der Waals surface area contributed by atoms with Crippen LogP contribution in [-0.2, 0) is 14.3 Å². The zero-order valence-electron chi connectivity index (χ0n) is 25.3. The van der Waals surface area contributed by atoms with E-state index in [0.29, 0.717) is 55.5 Å². The van der Waals surface area contributed by atoms with E-state index in [9.17, 15) is 19.5 Å². The highest BCUT2D eigenvalue weighted by Crippen LogP contribution is 2.38. The Labute approximate surface area is 259 Å². The lowest BCUT2D eigenvalue weighted by molar-refractivity contribution is -0.160. The average molecular weight is 626 g/mol. The zero-order valence-corrected chi connectivity index (χ0v) is 26.8. The topological polar surface area (TPSA) is 111 Å². The van der Waals surface area contributed by atoms with Crippen LogP contribution in [0.5, 0.6) is 0 Å². The number of halogens is 2. The largest absolute Gasteiger partial charge is 0.460 e. The minimum absolute atomic E-state index is 0.00848. The molecule has 0 aromatic heterocycles. The Kier molecular flexibility index (Phi) is 10.6. The van der Waals surface area contributed by atoms with Crippen molar-refractivity contribution in [3.8, 4) is 0 Å². The van der Waals surface area contributed by atoms with Crippen molar-refractivity contribution >= 4 is 46.8 Å². The van der Waals surface area contributed by atoms with Gasteiger partial charge in [-0.1, -0.05) is 49.4 Å². The van der Waals surface area contributed by atoms with Crippen molar-refractivity contribution in [3.63, 3.8) is 0 Å². The van der Waals surface area contributed by atoms with Gasteiger partial charge in [0.25, 0.3) is 0 Å². The Morgan fingerprint density at radius 2 is 1.69 bits per heavy atom. The fourth-order valence-electron chi connectivity index (χ4n) is 6.74. The number of urea groups is 1. The van der Waals surface area contributed by atoms with E-state index in [2.05, 4.69) is 15.5 Å². The molecule has 3 fully saturated rings. The van der Waals surface area contributed by atoms with Crippen LogP contribution in [-0.4, -0.2) is 71.5 Å². The number of carbonyl (C=O) groups is 3. The third-order valence-electron chi connectivity index (χ3n) is 8.78. The molecule has 11 heteroatoms. The van der Waals surface area contributed by atoms with Crippen LogP contribution in [0, 0.1) is 17.8 Å². The maximum Gasteiger partial charge on any atom is 0.317 e. The standard InChI is InChI=1S/C31H46Cl2N4O5/c1-20(26(38)37-13-11-36(12-14-37)25-16-23(32)15-24(33)17-25)18-31(28(40)34-29(41)35-31)19-21-7-5-6-8-22(10-9-21)27(39)42-30(2,3)4/h15-17,20-22,28,40H,5-14,18-19H2,1-4H3,(H2,34,35,41). The Hall–Kier alpha value is -2.23. The molecule has 5 unspecified atom stereocenters. The lowest BCUT2D eigenvalue weighted by Crippen LogP contribution is -2.55. The van der Waals surface area contributed by atoms with Crippen molar-refractivity contribution in [2.45, 2.75) is 96.4 Å². The summed E-state index contributed by atoms with van der Waals surface area (Å²) >= 11 is 12.4. The van der Waals surface area contributed by atoms with Gasteiger partial charge in [-0.25, -0.2) is 4.79 Å². The summed E-state index contributed by atoms with van der Waals surface area (Å²) in [4.78, 5) is 42.8. The molecule has 3 amide bonds. The summed E-state index contributed by atoms with van der Waals surface area (Å²) in [5.74, 6) is -0.498. The van der Waals surface area contributed by atoms with Crippen molar-refractivity contribution in [3.05, 3.63) is 28.2 Å². The minimum Gasteiger partial charge on any atom is -0.460 e. The molecule has 9 nitrogen and oxygen atoms in total. The highest BCUT2D eigenvalue weighted by Gasteiger charge is 2.49. The molecule has 42 heavy (non-hydrogen) atoms. The van der Waals surface area contributed by atoms with Crippen LogP contribution in [0.1, 0.15) is 79.1 Å². The summed E-state index contributed by atoms with van der Waals surface area (Å²) in [6, 6.07) is 5.03. The van der Waals surface area contributed by atoms with Crippen molar-refractivity contribution in [2.75, 3.05) is 31.1 Å². The second-order valence-electron chi connectivity index (χ2n) is 13.4. The van der Waals surface area contributed by atoms with Crippen LogP contribution >= 0.6 is 23.2 Å². The second kappa shape index (κ2) is 13.6. The van der Waals surface area contributed by atoms with Crippen LogP contribution in [0.15, 0.2) is 18.2 Å². The van der Waals surface area contributed by atoms with E-state index in [1.807, 2.05) is 44.7 Å². The van der Waals surface area contributed by atoms with Gasteiger partial charge in [0.2, 0.25) is 5.91 Å². The number of nitrogens with one attached hydrogen (secondary N) is 2. The third kappa shape index (κ3) is 8.44. The fraction of sp³-hybridized carbons (Fsp3) is 0.710. The van der Waals surface area contributed by atoms with Gasteiger partial charge >= 0.3 is 12.0 Å². The first kappa shape index (κ1) is 32.7. The number of hydrogen-bond donors (Lipinski definition) is 3. The SMILES string of the molecule is CC(CC1(CC2CCCCC(C(=O)OC(C)(C)C)CC2)NC(=O)NC1O)C(=O)N1CCN(c2cc(Cl)cc(Cl)c2)CC1. The maximum atomic E-state index is 13.6. The molecule has 2 aliphatic heterocycles. The third-order valence-corrected chi connectivity index (χ3v) is 9.22. The van der Waals surface area contributed by atoms with Gasteiger partial charge in [0.05, 0.1) is 11.5 Å². The molecule has 1 aromatic rings. The number of nitrogens with zero attached hydrogens (tertiary/aromatic N) is 2. The number of aliphatic hydroxyl groups excluding tert-OH is 1. The predicted molar refractivity (Wildman–Crippen MR) is 165 cm³/mol. The second-order valence-corrected chi connectivity index (χ2v) is 14.2. The number of carbonyl (C=O) groups excluding carboxylic acids is 3. The molecule has 0 radical (unpaired) electrons. The average Bonchev–Trinajstić information content (AvgIpc) is 3.15. The number of rotatable bonds is 7. The van der Waals surface area contributed by atoms with E-state index < -0.39 is 29.3 Å². The summed E-state index contributed by atoms with van der Waals surface area (Å²) in [5.41, 5.74) is -0.551. The van der Waals surface area contributed by atoms with Crippen molar-refractivity contribution in [1.29, 1.82) is 0 Å². The molecular formula is C31H46Cl2N4O5. The summed E-state index contributed by atoms with van der Waals surface area (Å²) in [7, 11) is 0. The lowest BCUT2D eigenvalue weighted by atomic mass is 9.75. The van der Waals surface area contributed by atoms with E-state index >= 15 is 0 Å². The number of piperazine rings is 1. The van der Waals surface area contributed by atoms with E-state index in [1.54, 1.807) is 6.07 Å². The van der Waals surface area contributed by atoms with Gasteiger partial charge in [-0.2, -0.15) is 0 Å². The summed E-state index contributed by atoms with van der Waals surface area (Å²) in [6.07, 6.45) is 4.93. The van der Waals surface area contributed by atoms with Gasteiger partial charge < -0.3 is 30.3 Å². The highest BCUT2D eigenvalue weighted by molar-refractivity contribution is 6.35. The molecule has 4 rings (SSSR count). The Balaban J connectivity index is 1.38. The highest BCUT2D eigenvalue weighted by atomic mass is 35.5. The smallest absolute Gasteiger partial charge is 0.317 e. The molecule has 1 saturated carbocycles. The number of hydrogen-bond acceptors (Lipinski definition) is 6. The van der Waals surface area contributed by atoms with Crippen LogP contribution in [0.25, 0.3) is 0 Å². The molecule has 1 aliphatic carbocycles. The number of ether oxygens (including phenoxy) is 1. The zero-order chi connectivity index (χ0) is 30.7. The minimum atomic E-state index is -1.10. The van der Waals surface area contributed by atoms with E-state index in [1.165, 1.54) is 0 Å². The first-order valence-electron chi connectivity index (χ1n) is 15.2. The van der Waals surface area contributed by atoms with Crippen molar-refractivity contribution in [1.82, 2.24) is 15.5 Å². The van der Waals surface area contributed by atoms with Crippen molar-refractivity contribution < 1.29 is 24.2 Å². The van der Waals surface area contributed by atoms with E-state index in [-0.39, 0.29) is 23.7 Å². The molecule has 1 aromatic carbocycles. The van der Waals surface area contributed by atoms with Crippen LogP contribution < -0.4 is 15.5 Å². The predicted octanol–water partition coefficient (Wildman–Crippen LogP) is 5.36. The van der Waals surface area contributed by atoms with E-state index in [0.717, 1.165) is 37.8 Å². The number of aliphatic hydroxyl groups is 1. The molecule has 0 spiro atoms. The Morgan fingerprint density at radius 1 is 1.05 bits per heavy atom. The molecule has 3 aliphatic rings. The van der Waals surface area contributed by atoms with Gasteiger partial charge in [-0.15, -0.1) is 0 Å². The molecule has 234 valence electrons. The maximum absolute atomic E-state index is 13.6. The van der Waals surface area contributed by atoms with Crippen LogP contribution in [0.3, 0.4) is 0 Å². The van der Waals surface area contributed by atoms with Gasteiger partial charge in [0.1, 0.15) is 5.60 Å². The molecule has 3 N–H and O–H groups in total. The number of amides is 3. The van der Waals surface area contributed by atoms with Crippen LogP contribution in [0.2, 0.25) is 10.0 Å². The van der Waals surface area contributed by atoms with Crippen molar-refractivity contribution in [2.24, 2.45) is 17.8 Å². The summed E-state index contributed by atoms with van der Waals surface area (Å²) in [6.45, 7) is 9.95. The normalized spacial score (nSPS) is 27.9. The Bertz CT molecular complexity index is 1120. The summed E-state index contributed by atoms with van der Waals surface area (Å²) < 4.78 is 5.67. The lowest BCUT2D eigenvalue weighted by Gasteiger charge is -2.40. The van der Waals surface area contributed by atoms with E-state index in [4.69, 9.17) is 27.9 Å². The number of benzene rings is 1. The molecule has 2 saturated heterocycles. The first-order chi connectivity index (χ1) is 19.7. The summed E-state index contributed by atoms with van der Waals surface area (Å²) in [5, 5.41) is 17.8. The van der Waals surface area contributed by atoms with Gasteiger partial charge in [-0.3, -0.25) is 9.59 Å². The monoisotopic (exact) mass is 624 g/mol. The molecule has 2 heterocycles. The first-order valence-corrected chi connectivity index (χ1v) is 16.0. The molecule has 0 bridgehead atoms. The number of anilines is 1. The van der Waals surface area contributed by atoms with Crippen LogP contribution in [0.4, 0.5) is 10.5 Å². The molecule has 5 atom stereocenters. The quantitative estimate of drug-likeness (QED) is 0.352. The van der Waals surface area contributed by atoms with Gasteiger partial charge in [0, 0.05) is 47.8 Å². The van der Waals surface area contributed by atoms with Gasteiger partial charge in [0.15, 0.2) is 6.23 Å². The number of esters is 1. The Morgan fingerprint density at radius 3 is 2.29 bits per heavy atom. The fourth-order valence-corrected chi connectivity index (χ4v) is 7.26. The van der Waals surface area contributed by atoms with Gasteiger partial charge in [-0.05, 0) is 77.0 Å².